The normalized spacial score (nSPS) is 27.3. The van der Waals surface area contributed by atoms with E-state index in [1.807, 2.05) is 0 Å². The van der Waals surface area contributed by atoms with Crippen molar-refractivity contribution in [3.63, 3.8) is 0 Å². The molecule has 19 heavy (non-hydrogen) atoms. The predicted molar refractivity (Wildman–Crippen MR) is 72.7 cm³/mol. The van der Waals surface area contributed by atoms with Crippen LogP contribution in [-0.4, -0.2) is 16.5 Å². The summed E-state index contributed by atoms with van der Waals surface area (Å²) in [6.45, 7) is 2.11. The summed E-state index contributed by atoms with van der Waals surface area (Å²) >= 11 is 5.67. The molecule has 0 atom stereocenters. The molecule has 0 amide bonds. The van der Waals surface area contributed by atoms with Crippen LogP contribution >= 0.6 is 11.6 Å². The van der Waals surface area contributed by atoms with Gasteiger partial charge in [-0.3, -0.25) is 4.79 Å². The summed E-state index contributed by atoms with van der Waals surface area (Å²) in [7, 11) is 0. The Kier molecular flexibility index (Phi) is 4.26. The van der Waals surface area contributed by atoms with E-state index in [2.05, 4.69) is 6.92 Å². The van der Waals surface area contributed by atoms with E-state index < -0.39 is 11.4 Å². The second-order valence-electron chi connectivity index (χ2n) is 5.55. The van der Waals surface area contributed by atoms with Crippen molar-refractivity contribution in [1.82, 2.24) is 0 Å². The first-order chi connectivity index (χ1) is 8.90. The fourth-order valence-corrected chi connectivity index (χ4v) is 2.68. The number of halogens is 2. The van der Waals surface area contributed by atoms with Gasteiger partial charge in [0.2, 0.25) is 0 Å². The highest BCUT2D eigenvalue weighted by atomic mass is 35.5. The molecule has 1 aliphatic carbocycles. The molecule has 0 aliphatic heterocycles. The number of carbonyl (C=O) groups excluding carboxylic acids is 1. The van der Waals surface area contributed by atoms with Gasteiger partial charge in [0.15, 0.2) is 5.78 Å². The highest BCUT2D eigenvalue weighted by Crippen LogP contribution is 2.33. The number of rotatable bonds is 3. The standard InChI is InChI=1S/C15H18ClFO2/c1-10-4-6-15(19,7-5-10)14(18)8-11-2-3-12(16)9-13(11)17/h2-3,9-10,19H,4-8H2,1H3. The molecule has 0 saturated heterocycles. The lowest BCUT2D eigenvalue weighted by Gasteiger charge is -2.33. The van der Waals surface area contributed by atoms with Crippen molar-refractivity contribution in [3.05, 3.63) is 34.6 Å². The first kappa shape index (κ1) is 14.5. The predicted octanol–water partition coefficient (Wildman–Crippen LogP) is 3.53. The van der Waals surface area contributed by atoms with E-state index in [1.165, 1.54) is 12.1 Å². The van der Waals surface area contributed by atoms with Crippen molar-refractivity contribution in [1.29, 1.82) is 0 Å². The Balaban J connectivity index is 2.08. The number of carbonyl (C=O) groups is 1. The zero-order chi connectivity index (χ0) is 14.0. The van der Waals surface area contributed by atoms with Crippen LogP contribution in [0, 0.1) is 11.7 Å². The van der Waals surface area contributed by atoms with Crippen molar-refractivity contribution in [2.75, 3.05) is 0 Å². The molecule has 2 rings (SSSR count). The lowest BCUT2D eigenvalue weighted by atomic mass is 9.76. The second-order valence-corrected chi connectivity index (χ2v) is 5.99. The number of Topliss-reactive ketones (excluding diaryl/α,β-unsaturated/α-hetero) is 1. The molecule has 0 bridgehead atoms. The first-order valence-corrected chi connectivity index (χ1v) is 6.98. The zero-order valence-electron chi connectivity index (χ0n) is 11.0. The highest BCUT2D eigenvalue weighted by molar-refractivity contribution is 6.30. The highest BCUT2D eigenvalue weighted by Gasteiger charge is 2.38. The number of benzene rings is 1. The molecule has 1 aromatic carbocycles. The Hall–Kier alpha value is -0.930. The van der Waals surface area contributed by atoms with Crippen molar-refractivity contribution < 1.29 is 14.3 Å². The van der Waals surface area contributed by atoms with Gasteiger partial charge in [-0.05, 0) is 49.3 Å². The van der Waals surface area contributed by atoms with E-state index in [4.69, 9.17) is 11.6 Å². The van der Waals surface area contributed by atoms with Crippen LogP contribution < -0.4 is 0 Å². The van der Waals surface area contributed by atoms with Gasteiger partial charge >= 0.3 is 0 Å². The number of aliphatic hydroxyl groups is 1. The van der Waals surface area contributed by atoms with Gasteiger partial charge < -0.3 is 5.11 Å². The largest absolute Gasteiger partial charge is 0.382 e. The van der Waals surface area contributed by atoms with Gasteiger partial charge in [-0.1, -0.05) is 24.6 Å². The van der Waals surface area contributed by atoms with E-state index in [0.29, 0.717) is 29.3 Å². The Morgan fingerprint density at radius 3 is 2.68 bits per heavy atom. The minimum Gasteiger partial charge on any atom is -0.382 e. The topological polar surface area (TPSA) is 37.3 Å². The minimum absolute atomic E-state index is 0.0755. The third-order valence-corrected chi connectivity index (χ3v) is 4.22. The van der Waals surface area contributed by atoms with Crippen LogP contribution in [0.25, 0.3) is 0 Å². The van der Waals surface area contributed by atoms with E-state index >= 15 is 0 Å². The fourth-order valence-electron chi connectivity index (χ4n) is 2.52. The molecular weight excluding hydrogens is 267 g/mol. The Morgan fingerprint density at radius 1 is 1.47 bits per heavy atom. The molecule has 1 N–H and O–H groups in total. The maximum absolute atomic E-state index is 13.6. The third kappa shape index (κ3) is 3.34. The minimum atomic E-state index is -1.28. The summed E-state index contributed by atoms with van der Waals surface area (Å²) in [4.78, 5) is 12.2. The molecular formula is C15H18ClFO2. The van der Waals surface area contributed by atoms with Gasteiger partial charge in [-0.15, -0.1) is 0 Å². The Labute approximate surface area is 117 Å². The molecule has 2 nitrogen and oxygen atoms in total. The number of hydrogen-bond donors (Lipinski definition) is 1. The fraction of sp³-hybridized carbons (Fsp3) is 0.533. The quantitative estimate of drug-likeness (QED) is 0.922. The average molecular weight is 285 g/mol. The van der Waals surface area contributed by atoms with Gasteiger partial charge in [-0.2, -0.15) is 0 Å². The molecule has 1 aliphatic rings. The lowest BCUT2D eigenvalue weighted by Crippen LogP contribution is -2.42. The monoisotopic (exact) mass is 284 g/mol. The van der Waals surface area contributed by atoms with Gasteiger partial charge in [0.1, 0.15) is 11.4 Å². The van der Waals surface area contributed by atoms with Crippen molar-refractivity contribution in [2.24, 2.45) is 5.92 Å². The molecule has 0 spiro atoms. The summed E-state index contributed by atoms with van der Waals surface area (Å²) < 4.78 is 13.6. The molecule has 0 radical (unpaired) electrons. The van der Waals surface area contributed by atoms with E-state index in [-0.39, 0.29) is 12.2 Å². The van der Waals surface area contributed by atoms with Gasteiger partial charge in [-0.25, -0.2) is 4.39 Å². The smallest absolute Gasteiger partial charge is 0.168 e. The SMILES string of the molecule is CC1CCC(O)(C(=O)Cc2ccc(Cl)cc2F)CC1. The molecule has 104 valence electrons. The van der Waals surface area contributed by atoms with Crippen LogP contribution in [-0.2, 0) is 11.2 Å². The summed E-state index contributed by atoms with van der Waals surface area (Å²) in [6.07, 6.45) is 2.55. The molecule has 0 unspecified atom stereocenters. The van der Waals surface area contributed by atoms with Crippen LogP contribution in [0.5, 0.6) is 0 Å². The van der Waals surface area contributed by atoms with Crippen molar-refractivity contribution in [3.8, 4) is 0 Å². The maximum atomic E-state index is 13.6. The lowest BCUT2D eigenvalue weighted by molar-refractivity contribution is -0.140. The summed E-state index contributed by atoms with van der Waals surface area (Å²) in [6, 6.07) is 4.25. The zero-order valence-corrected chi connectivity index (χ0v) is 11.7. The number of ketones is 1. The molecule has 1 aromatic rings. The summed E-state index contributed by atoms with van der Waals surface area (Å²) in [5.74, 6) is -0.241. The second kappa shape index (κ2) is 5.59. The molecule has 0 heterocycles. The first-order valence-electron chi connectivity index (χ1n) is 6.60. The van der Waals surface area contributed by atoms with Crippen LogP contribution in [0.2, 0.25) is 5.02 Å². The van der Waals surface area contributed by atoms with Gasteiger partial charge in [0.05, 0.1) is 0 Å². The van der Waals surface area contributed by atoms with Crippen molar-refractivity contribution in [2.45, 2.75) is 44.6 Å². The molecule has 4 heteroatoms. The maximum Gasteiger partial charge on any atom is 0.168 e. The summed E-state index contributed by atoms with van der Waals surface area (Å²) in [5.41, 5.74) is -0.986. The van der Waals surface area contributed by atoms with E-state index in [9.17, 15) is 14.3 Å². The van der Waals surface area contributed by atoms with Crippen molar-refractivity contribution >= 4 is 17.4 Å². The molecule has 1 saturated carbocycles. The Morgan fingerprint density at radius 2 is 2.11 bits per heavy atom. The molecule has 1 fully saturated rings. The third-order valence-electron chi connectivity index (χ3n) is 3.99. The van der Waals surface area contributed by atoms with Crippen LogP contribution in [0.3, 0.4) is 0 Å². The van der Waals surface area contributed by atoms with E-state index in [0.717, 1.165) is 12.8 Å². The van der Waals surface area contributed by atoms with Crippen LogP contribution in [0.4, 0.5) is 4.39 Å². The van der Waals surface area contributed by atoms with Gasteiger partial charge in [0, 0.05) is 11.4 Å². The van der Waals surface area contributed by atoms with Crippen LogP contribution in [0.15, 0.2) is 18.2 Å². The molecule has 0 aromatic heterocycles. The summed E-state index contributed by atoms with van der Waals surface area (Å²) in [5, 5.41) is 10.7. The van der Waals surface area contributed by atoms with E-state index in [1.54, 1.807) is 6.07 Å². The Bertz CT molecular complexity index is 479. The van der Waals surface area contributed by atoms with Gasteiger partial charge in [0.25, 0.3) is 0 Å². The average Bonchev–Trinajstić information content (AvgIpc) is 2.36. The number of hydrogen-bond acceptors (Lipinski definition) is 2. The van der Waals surface area contributed by atoms with Crippen LogP contribution in [0.1, 0.15) is 38.2 Å².